The number of aromatic nitrogens is 3. The first-order valence-corrected chi connectivity index (χ1v) is 5.36. The first kappa shape index (κ1) is 8.82. The quantitative estimate of drug-likeness (QED) is 0.816. The van der Waals surface area contributed by atoms with E-state index in [0.29, 0.717) is 5.13 Å². The molecule has 0 fully saturated rings. The Labute approximate surface area is 92.4 Å². The maximum Gasteiger partial charge on any atom is 0.203 e. The van der Waals surface area contributed by atoms with Crippen molar-refractivity contribution in [3.8, 4) is 10.7 Å². The largest absolute Gasteiger partial charge is 0.374 e. The minimum Gasteiger partial charge on any atom is -0.374 e. The predicted octanol–water partition coefficient (Wildman–Crippen LogP) is 1.79. The van der Waals surface area contributed by atoms with Crippen LogP contribution in [0.3, 0.4) is 0 Å². The number of pyridine rings is 1. The second-order valence-corrected chi connectivity index (χ2v) is 4.56. The van der Waals surface area contributed by atoms with Crippen molar-refractivity contribution in [2.45, 2.75) is 0 Å². The Bertz CT molecular complexity index is 428. The van der Waals surface area contributed by atoms with E-state index in [9.17, 15) is 0 Å². The Morgan fingerprint density at radius 1 is 1.38 bits per heavy atom. The zero-order valence-electron chi connectivity index (χ0n) is 6.44. The van der Waals surface area contributed by atoms with Crippen molar-refractivity contribution in [1.29, 1.82) is 0 Å². The molecule has 0 saturated heterocycles. The van der Waals surface area contributed by atoms with E-state index < -0.39 is 0 Å². The zero-order valence-corrected chi connectivity index (χ0v) is 9.41. The van der Waals surface area contributed by atoms with Gasteiger partial charge in [0, 0.05) is 9.77 Å². The van der Waals surface area contributed by atoms with Crippen LogP contribution in [0, 0.1) is 3.57 Å². The fraction of sp³-hybridized carbons (Fsp3) is 0. The molecular weight excluding hydrogens is 299 g/mol. The van der Waals surface area contributed by atoms with Crippen LogP contribution in [0.25, 0.3) is 10.7 Å². The normalized spacial score (nSPS) is 10.2. The standard InChI is InChI=1S/C7H5IN4S/c8-4-1-2-10-5(3-4)6-11-12-7(9)13-6/h1-3H,(H2,9,12). The van der Waals surface area contributed by atoms with Crippen molar-refractivity contribution < 1.29 is 0 Å². The second-order valence-electron chi connectivity index (χ2n) is 2.30. The van der Waals surface area contributed by atoms with E-state index >= 15 is 0 Å². The molecule has 0 unspecified atom stereocenters. The van der Waals surface area contributed by atoms with Crippen LogP contribution in [0.2, 0.25) is 0 Å². The molecule has 0 aliphatic rings. The summed E-state index contributed by atoms with van der Waals surface area (Å²) in [7, 11) is 0. The third-order valence-corrected chi connectivity index (χ3v) is 2.83. The number of hydrogen-bond donors (Lipinski definition) is 1. The van der Waals surface area contributed by atoms with E-state index in [-0.39, 0.29) is 0 Å². The smallest absolute Gasteiger partial charge is 0.203 e. The minimum atomic E-state index is 0.468. The fourth-order valence-electron chi connectivity index (χ4n) is 0.860. The summed E-state index contributed by atoms with van der Waals surface area (Å²) in [4.78, 5) is 4.17. The Hall–Kier alpha value is -0.760. The van der Waals surface area contributed by atoms with E-state index in [1.165, 1.54) is 11.3 Å². The second kappa shape index (κ2) is 3.54. The zero-order chi connectivity index (χ0) is 9.26. The van der Waals surface area contributed by atoms with Crippen LogP contribution >= 0.6 is 33.9 Å². The molecule has 2 rings (SSSR count). The highest BCUT2D eigenvalue weighted by Crippen LogP contribution is 2.23. The maximum absolute atomic E-state index is 5.47. The average molecular weight is 304 g/mol. The number of nitrogens with zero attached hydrogens (tertiary/aromatic N) is 3. The predicted molar refractivity (Wildman–Crippen MR) is 60.3 cm³/mol. The summed E-state index contributed by atoms with van der Waals surface area (Å²) in [6, 6.07) is 3.87. The fourth-order valence-corrected chi connectivity index (χ4v) is 1.89. The number of nitrogens with two attached hydrogens (primary N) is 1. The van der Waals surface area contributed by atoms with Gasteiger partial charge in [0.2, 0.25) is 5.13 Å². The van der Waals surface area contributed by atoms with Gasteiger partial charge in [-0.05, 0) is 34.7 Å². The van der Waals surface area contributed by atoms with E-state index in [1.807, 2.05) is 12.1 Å². The molecule has 2 N–H and O–H groups in total. The SMILES string of the molecule is Nc1nnc(-c2cc(I)ccn2)s1. The summed E-state index contributed by atoms with van der Waals surface area (Å²) < 4.78 is 1.12. The lowest BCUT2D eigenvalue weighted by atomic mass is 10.4. The van der Waals surface area contributed by atoms with Crippen LogP contribution < -0.4 is 5.73 Å². The van der Waals surface area contributed by atoms with Gasteiger partial charge in [0.05, 0.1) is 0 Å². The summed E-state index contributed by atoms with van der Waals surface area (Å²) >= 11 is 3.56. The maximum atomic E-state index is 5.47. The molecular formula is C7H5IN4S. The van der Waals surface area contributed by atoms with Crippen LogP contribution in [0.4, 0.5) is 5.13 Å². The lowest BCUT2D eigenvalue weighted by Crippen LogP contribution is -1.83. The van der Waals surface area contributed by atoms with Gasteiger partial charge in [-0.15, -0.1) is 10.2 Å². The van der Waals surface area contributed by atoms with Crippen LogP contribution in [-0.4, -0.2) is 15.2 Å². The number of nitrogen functional groups attached to an aromatic ring is 1. The molecule has 0 aromatic carbocycles. The number of rotatable bonds is 1. The van der Waals surface area contributed by atoms with Crippen molar-refractivity contribution in [2.24, 2.45) is 0 Å². The molecule has 0 atom stereocenters. The number of halogens is 1. The molecule has 0 aliphatic carbocycles. The van der Waals surface area contributed by atoms with Crippen molar-refractivity contribution >= 4 is 39.1 Å². The third-order valence-electron chi connectivity index (χ3n) is 1.38. The molecule has 0 radical (unpaired) electrons. The lowest BCUT2D eigenvalue weighted by molar-refractivity contribution is 1.09. The molecule has 66 valence electrons. The summed E-state index contributed by atoms with van der Waals surface area (Å²) in [5, 5.41) is 8.86. The molecule has 2 heterocycles. The molecule has 4 nitrogen and oxygen atoms in total. The first-order chi connectivity index (χ1) is 6.25. The molecule has 0 bridgehead atoms. The minimum absolute atomic E-state index is 0.468. The average Bonchev–Trinajstić information content (AvgIpc) is 2.52. The Morgan fingerprint density at radius 3 is 2.85 bits per heavy atom. The summed E-state index contributed by atoms with van der Waals surface area (Å²) in [6.45, 7) is 0. The molecule has 2 aromatic rings. The Morgan fingerprint density at radius 2 is 2.23 bits per heavy atom. The van der Waals surface area contributed by atoms with Gasteiger partial charge in [0.15, 0.2) is 5.01 Å². The summed E-state index contributed by atoms with van der Waals surface area (Å²) in [5.74, 6) is 0. The molecule has 0 aliphatic heterocycles. The van der Waals surface area contributed by atoms with Gasteiger partial charge >= 0.3 is 0 Å². The number of hydrogen-bond acceptors (Lipinski definition) is 5. The topological polar surface area (TPSA) is 64.7 Å². The highest BCUT2D eigenvalue weighted by Gasteiger charge is 2.05. The lowest BCUT2D eigenvalue weighted by Gasteiger charge is -1.93. The highest BCUT2D eigenvalue weighted by molar-refractivity contribution is 14.1. The molecule has 0 spiro atoms. The van der Waals surface area contributed by atoms with E-state index in [0.717, 1.165) is 14.3 Å². The van der Waals surface area contributed by atoms with Crippen LogP contribution in [0.5, 0.6) is 0 Å². The monoisotopic (exact) mass is 304 g/mol. The van der Waals surface area contributed by atoms with E-state index in [2.05, 4.69) is 37.8 Å². The van der Waals surface area contributed by atoms with Crippen LogP contribution in [0.15, 0.2) is 18.3 Å². The summed E-state index contributed by atoms with van der Waals surface area (Å²) in [5.41, 5.74) is 6.29. The summed E-state index contributed by atoms with van der Waals surface area (Å²) in [6.07, 6.45) is 1.74. The van der Waals surface area contributed by atoms with Gasteiger partial charge in [-0.3, -0.25) is 4.98 Å². The Kier molecular flexibility index (Phi) is 2.40. The van der Waals surface area contributed by atoms with E-state index in [1.54, 1.807) is 6.20 Å². The third kappa shape index (κ3) is 1.94. The van der Waals surface area contributed by atoms with Crippen LogP contribution in [-0.2, 0) is 0 Å². The van der Waals surface area contributed by atoms with Gasteiger partial charge in [-0.1, -0.05) is 11.3 Å². The molecule has 13 heavy (non-hydrogen) atoms. The highest BCUT2D eigenvalue weighted by atomic mass is 127. The molecule has 6 heteroatoms. The molecule has 0 amide bonds. The molecule has 2 aromatic heterocycles. The van der Waals surface area contributed by atoms with Gasteiger partial charge in [-0.25, -0.2) is 0 Å². The van der Waals surface area contributed by atoms with Gasteiger partial charge in [-0.2, -0.15) is 0 Å². The van der Waals surface area contributed by atoms with Crippen molar-refractivity contribution in [2.75, 3.05) is 5.73 Å². The molecule has 0 saturated carbocycles. The van der Waals surface area contributed by atoms with Crippen molar-refractivity contribution in [3.63, 3.8) is 0 Å². The van der Waals surface area contributed by atoms with Crippen molar-refractivity contribution in [3.05, 3.63) is 21.9 Å². The first-order valence-electron chi connectivity index (χ1n) is 3.46. The van der Waals surface area contributed by atoms with Gasteiger partial charge in [0.25, 0.3) is 0 Å². The number of anilines is 1. The Balaban J connectivity index is 2.46. The van der Waals surface area contributed by atoms with Crippen molar-refractivity contribution in [1.82, 2.24) is 15.2 Å². The van der Waals surface area contributed by atoms with Gasteiger partial charge < -0.3 is 5.73 Å². The van der Waals surface area contributed by atoms with Crippen LogP contribution in [0.1, 0.15) is 0 Å². The van der Waals surface area contributed by atoms with E-state index in [4.69, 9.17) is 5.73 Å². The van der Waals surface area contributed by atoms with Gasteiger partial charge in [0.1, 0.15) is 5.69 Å².